The van der Waals surface area contributed by atoms with Gasteiger partial charge in [-0.25, -0.2) is 9.37 Å². The van der Waals surface area contributed by atoms with E-state index in [9.17, 15) is 9.18 Å². The van der Waals surface area contributed by atoms with Crippen LogP contribution >= 0.6 is 0 Å². The zero-order valence-electron chi connectivity index (χ0n) is 11.9. The molecule has 1 N–H and O–H groups in total. The molecule has 108 valence electrons. The van der Waals surface area contributed by atoms with Crippen LogP contribution in [0, 0.1) is 12.7 Å². The Balaban J connectivity index is 1.83. The summed E-state index contributed by atoms with van der Waals surface area (Å²) in [4.78, 5) is 16.2. The van der Waals surface area contributed by atoms with Crippen LogP contribution in [0.25, 0.3) is 0 Å². The van der Waals surface area contributed by atoms with Gasteiger partial charge in [0.25, 0.3) is 5.91 Å². The molecule has 0 spiro atoms. The van der Waals surface area contributed by atoms with E-state index < -0.39 is 11.7 Å². The normalized spacial score (nSPS) is 17.1. The van der Waals surface area contributed by atoms with Crippen LogP contribution in [0.1, 0.15) is 46.1 Å². The first-order chi connectivity index (χ1) is 10.1. The lowest BCUT2D eigenvalue weighted by atomic mass is 9.87. The van der Waals surface area contributed by atoms with Gasteiger partial charge in [0.2, 0.25) is 0 Å². The van der Waals surface area contributed by atoms with Gasteiger partial charge in [0.15, 0.2) is 11.5 Å². The van der Waals surface area contributed by atoms with E-state index >= 15 is 0 Å². The molecule has 1 atom stereocenters. The summed E-state index contributed by atoms with van der Waals surface area (Å²) in [6.07, 6.45) is 4.43. The maximum atomic E-state index is 13.8. The van der Waals surface area contributed by atoms with Crippen LogP contribution in [0.15, 0.2) is 36.5 Å². The largest absolute Gasteiger partial charge is 0.344 e. The highest BCUT2D eigenvalue weighted by Crippen LogP contribution is 2.29. The monoisotopic (exact) mass is 284 g/mol. The molecule has 0 radical (unpaired) electrons. The van der Waals surface area contributed by atoms with Gasteiger partial charge in [0.05, 0.1) is 6.04 Å². The second-order valence-corrected chi connectivity index (χ2v) is 5.46. The average Bonchev–Trinajstić information content (AvgIpc) is 2.47. The molecule has 0 aliphatic heterocycles. The Bertz CT molecular complexity index is 684. The minimum atomic E-state index is -0.573. The number of rotatable bonds is 2. The fraction of sp³-hybridized carbons (Fsp3) is 0.294. The number of nitrogens with zero attached hydrogens (tertiary/aromatic N) is 1. The number of aromatic nitrogens is 1. The van der Waals surface area contributed by atoms with Crippen LogP contribution in [0.4, 0.5) is 4.39 Å². The fourth-order valence-corrected chi connectivity index (χ4v) is 2.83. The van der Waals surface area contributed by atoms with E-state index in [0.29, 0.717) is 5.56 Å². The zero-order valence-corrected chi connectivity index (χ0v) is 11.9. The Morgan fingerprint density at radius 1 is 1.38 bits per heavy atom. The number of carbonyl (C=O) groups excluding carboxylic acids is 1. The van der Waals surface area contributed by atoms with Crippen molar-refractivity contribution in [1.29, 1.82) is 0 Å². The number of nitrogens with one attached hydrogen (secondary N) is 1. The third-order valence-electron chi connectivity index (χ3n) is 3.87. The van der Waals surface area contributed by atoms with Gasteiger partial charge in [0, 0.05) is 6.20 Å². The van der Waals surface area contributed by atoms with Gasteiger partial charge >= 0.3 is 0 Å². The molecule has 1 aromatic carbocycles. The van der Waals surface area contributed by atoms with E-state index in [2.05, 4.69) is 16.4 Å². The predicted molar refractivity (Wildman–Crippen MR) is 78.5 cm³/mol. The Morgan fingerprint density at radius 2 is 2.19 bits per heavy atom. The molecular formula is C17H17FN2O. The van der Waals surface area contributed by atoms with Crippen molar-refractivity contribution in [3.63, 3.8) is 0 Å². The van der Waals surface area contributed by atoms with Gasteiger partial charge < -0.3 is 5.32 Å². The summed E-state index contributed by atoms with van der Waals surface area (Å²) in [5, 5.41) is 2.91. The maximum Gasteiger partial charge on any atom is 0.273 e. The molecule has 0 saturated heterocycles. The number of amides is 1. The summed E-state index contributed by atoms with van der Waals surface area (Å²) in [6.45, 7) is 1.75. The molecule has 0 fully saturated rings. The summed E-state index contributed by atoms with van der Waals surface area (Å²) in [5.74, 6) is -1.02. The highest BCUT2D eigenvalue weighted by atomic mass is 19.1. The predicted octanol–water partition coefficient (Wildman–Crippen LogP) is 3.34. The summed E-state index contributed by atoms with van der Waals surface area (Å²) in [5.41, 5.74) is 2.95. The Labute approximate surface area is 123 Å². The number of hydrogen-bond donors (Lipinski definition) is 1. The van der Waals surface area contributed by atoms with Crippen molar-refractivity contribution in [3.8, 4) is 0 Å². The molecule has 1 amide bonds. The van der Waals surface area contributed by atoms with Crippen molar-refractivity contribution >= 4 is 5.91 Å². The summed E-state index contributed by atoms with van der Waals surface area (Å²) in [6, 6.07) is 9.34. The number of hydrogen-bond acceptors (Lipinski definition) is 2. The van der Waals surface area contributed by atoms with Crippen molar-refractivity contribution in [1.82, 2.24) is 10.3 Å². The van der Waals surface area contributed by atoms with Gasteiger partial charge in [-0.2, -0.15) is 0 Å². The minimum Gasteiger partial charge on any atom is -0.344 e. The molecule has 1 aromatic heterocycles. The molecule has 21 heavy (non-hydrogen) atoms. The molecule has 3 nitrogen and oxygen atoms in total. The van der Waals surface area contributed by atoms with E-state index in [1.807, 2.05) is 18.2 Å². The first kappa shape index (κ1) is 13.7. The quantitative estimate of drug-likeness (QED) is 0.919. The lowest BCUT2D eigenvalue weighted by Crippen LogP contribution is -2.32. The lowest BCUT2D eigenvalue weighted by molar-refractivity contribution is 0.0923. The van der Waals surface area contributed by atoms with E-state index in [4.69, 9.17) is 0 Å². The minimum absolute atomic E-state index is 0.0649. The number of pyridine rings is 1. The van der Waals surface area contributed by atoms with Crippen LogP contribution < -0.4 is 5.32 Å². The average molecular weight is 284 g/mol. The van der Waals surface area contributed by atoms with E-state index in [-0.39, 0.29) is 11.7 Å². The number of fused-ring (bicyclic) bond motifs is 1. The highest BCUT2D eigenvalue weighted by Gasteiger charge is 2.23. The van der Waals surface area contributed by atoms with Gasteiger partial charge in [-0.05, 0) is 48.9 Å². The first-order valence-corrected chi connectivity index (χ1v) is 7.16. The number of halogens is 1. The molecule has 1 aliphatic rings. The van der Waals surface area contributed by atoms with Crippen LogP contribution in [-0.2, 0) is 6.42 Å². The molecule has 0 bridgehead atoms. The number of benzene rings is 1. The molecule has 1 aliphatic carbocycles. The Hall–Kier alpha value is -2.23. The van der Waals surface area contributed by atoms with E-state index in [1.54, 1.807) is 6.92 Å². The molecule has 3 rings (SSSR count). The molecule has 0 saturated carbocycles. The lowest BCUT2D eigenvalue weighted by Gasteiger charge is -2.26. The van der Waals surface area contributed by atoms with Gasteiger partial charge in [-0.1, -0.05) is 24.3 Å². The molecular weight excluding hydrogens is 267 g/mol. The third kappa shape index (κ3) is 2.79. The standard InChI is InChI=1S/C17H17FN2O/c1-11-9-14(18)16(19-10-11)17(21)20-15-8-4-6-12-5-2-3-7-13(12)15/h2-3,5,7,9-10,15H,4,6,8H2,1H3,(H,20,21). The number of carbonyl (C=O) groups is 1. The topological polar surface area (TPSA) is 42.0 Å². The van der Waals surface area contributed by atoms with E-state index in [1.165, 1.54) is 17.8 Å². The van der Waals surface area contributed by atoms with Crippen molar-refractivity contribution in [2.24, 2.45) is 0 Å². The summed E-state index contributed by atoms with van der Waals surface area (Å²) >= 11 is 0. The van der Waals surface area contributed by atoms with Crippen LogP contribution in [-0.4, -0.2) is 10.9 Å². The highest BCUT2D eigenvalue weighted by molar-refractivity contribution is 5.92. The number of aryl methyl sites for hydroxylation is 2. The van der Waals surface area contributed by atoms with Crippen molar-refractivity contribution in [2.45, 2.75) is 32.2 Å². The molecule has 1 unspecified atom stereocenters. The van der Waals surface area contributed by atoms with Gasteiger partial charge in [-0.3, -0.25) is 4.79 Å². The fourth-order valence-electron chi connectivity index (χ4n) is 2.83. The van der Waals surface area contributed by atoms with Gasteiger partial charge in [0.1, 0.15) is 0 Å². The summed E-state index contributed by atoms with van der Waals surface area (Å²) < 4.78 is 13.8. The zero-order chi connectivity index (χ0) is 14.8. The van der Waals surface area contributed by atoms with E-state index in [0.717, 1.165) is 24.8 Å². The molecule has 1 heterocycles. The van der Waals surface area contributed by atoms with Crippen LogP contribution in [0.2, 0.25) is 0 Å². The molecule has 2 aromatic rings. The second-order valence-electron chi connectivity index (χ2n) is 5.46. The Morgan fingerprint density at radius 3 is 3.00 bits per heavy atom. The van der Waals surface area contributed by atoms with Gasteiger partial charge in [-0.15, -0.1) is 0 Å². The SMILES string of the molecule is Cc1cnc(C(=O)NC2CCCc3ccccc32)c(F)c1. The molecule has 4 heteroatoms. The third-order valence-corrected chi connectivity index (χ3v) is 3.87. The van der Waals surface area contributed by atoms with Crippen molar-refractivity contribution in [2.75, 3.05) is 0 Å². The summed E-state index contributed by atoms with van der Waals surface area (Å²) in [7, 11) is 0. The van der Waals surface area contributed by atoms with Crippen LogP contribution in [0.3, 0.4) is 0 Å². The Kier molecular flexibility index (Phi) is 3.69. The second kappa shape index (κ2) is 5.64. The first-order valence-electron chi connectivity index (χ1n) is 7.16. The van der Waals surface area contributed by atoms with Crippen molar-refractivity contribution in [3.05, 3.63) is 64.7 Å². The van der Waals surface area contributed by atoms with Crippen LogP contribution in [0.5, 0.6) is 0 Å². The smallest absolute Gasteiger partial charge is 0.273 e. The maximum absolute atomic E-state index is 13.8. The van der Waals surface area contributed by atoms with Crippen molar-refractivity contribution < 1.29 is 9.18 Å².